The summed E-state index contributed by atoms with van der Waals surface area (Å²) in [4.78, 5) is 10.6. The van der Waals surface area contributed by atoms with Crippen LogP contribution in [0, 0.1) is 11.8 Å². The molecule has 13 heavy (non-hydrogen) atoms. The van der Waals surface area contributed by atoms with Gasteiger partial charge in [-0.15, -0.1) is 0 Å². The predicted molar refractivity (Wildman–Crippen MR) is 53.1 cm³/mol. The predicted octanol–water partition coefficient (Wildman–Crippen LogP) is 2.52. The zero-order chi connectivity index (χ0) is 10.1. The van der Waals surface area contributed by atoms with Crippen LogP contribution in [-0.2, 0) is 9.53 Å². The molecule has 0 saturated carbocycles. The summed E-state index contributed by atoms with van der Waals surface area (Å²) < 4.78 is 4.97. The number of esters is 1. The lowest BCUT2D eigenvalue weighted by Crippen LogP contribution is -2.12. The minimum atomic E-state index is -0.253. The lowest BCUT2D eigenvalue weighted by Gasteiger charge is -2.06. The Labute approximate surface area is 80.7 Å². The number of unbranched alkanes of at least 4 members (excludes halogenated alkanes) is 2. The van der Waals surface area contributed by atoms with Gasteiger partial charge in [0.25, 0.3) is 0 Å². The van der Waals surface area contributed by atoms with Gasteiger partial charge in [0, 0.05) is 13.3 Å². The van der Waals surface area contributed by atoms with Crippen molar-refractivity contribution in [2.75, 3.05) is 0 Å². The van der Waals surface area contributed by atoms with Crippen LogP contribution in [0.4, 0.5) is 0 Å². The summed E-state index contributed by atoms with van der Waals surface area (Å²) in [5.41, 5.74) is 0. The Kier molecular flexibility index (Phi) is 7.10. The van der Waals surface area contributed by atoms with E-state index in [1.807, 2.05) is 6.92 Å². The highest BCUT2D eigenvalue weighted by Gasteiger charge is 2.03. The molecule has 0 aliphatic rings. The Morgan fingerprint density at radius 1 is 1.46 bits per heavy atom. The fourth-order valence-corrected chi connectivity index (χ4v) is 0.866. The van der Waals surface area contributed by atoms with Crippen molar-refractivity contribution in [3.8, 4) is 11.8 Å². The molecule has 0 bridgehead atoms. The van der Waals surface area contributed by atoms with E-state index >= 15 is 0 Å². The first kappa shape index (κ1) is 12.0. The zero-order valence-electron chi connectivity index (χ0n) is 8.72. The van der Waals surface area contributed by atoms with Gasteiger partial charge in [-0.05, 0) is 12.8 Å². The molecule has 74 valence electrons. The molecule has 0 aromatic heterocycles. The molecule has 0 aromatic rings. The molecule has 1 atom stereocenters. The molecule has 0 aromatic carbocycles. The number of rotatable bonds is 4. The lowest BCUT2D eigenvalue weighted by molar-refractivity contribution is -0.143. The summed E-state index contributed by atoms with van der Waals surface area (Å²) in [5, 5.41) is 0. The van der Waals surface area contributed by atoms with Crippen LogP contribution in [0.1, 0.15) is 46.5 Å². The van der Waals surface area contributed by atoms with Crippen molar-refractivity contribution in [3.63, 3.8) is 0 Å². The highest BCUT2D eigenvalue weighted by Crippen LogP contribution is 1.97. The van der Waals surface area contributed by atoms with Crippen LogP contribution < -0.4 is 0 Å². The molecule has 0 fully saturated rings. The summed E-state index contributed by atoms with van der Waals surface area (Å²) in [6.07, 6.45) is 3.71. The van der Waals surface area contributed by atoms with Gasteiger partial charge in [-0.25, -0.2) is 0 Å². The van der Waals surface area contributed by atoms with Crippen LogP contribution >= 0.6 is 0 Å². The van der Waals surface area contributed by atoms with Crippen molar-refractivity contribution in [1.29, 1.82) is 0 Å². The average Bonchev–Trinajstić information content (AvgIpc) is 2.09. The SMILES string of the molecule is CCCCC#CC(CC)OC(C)=O. The second kappa shape index (κ2) is 7.67. The molecule has 2 heteroatoms. The Bertz CT molecular complexity index is 198. The third kappa shape index (κ3) is 7.39. The van der Waals surface area contributed by atoms with Crippen molar-refractivity contribution >= 4 is 5.97 Å². The highest BCUT2D eigenvalue weighted by molar-refractivity contribution is 5.66. The first-order valence-corrected chi connectivity index (χ1v) is 4.86. The minimum absolute atomic E-state index is 0.214. The van der Waals surface area contributed by atoms with E-state index in [9.17, 15) is 4.79 Å². The van der Waals surface area contributed by atoms with E-state index in [2.05, 4.69) is 18.8 Å². The van der Waals surface area contributed by atoms with Gasteiger partial charge in [0.1, 0.15) is 0 Å². The number of ether oxygens (including phenoxy) is 1. The maximum Gasteiger partial charge on any atom is 0.303 e. The lowest BCUT2D eigenvalue weighted by atomic mass is 10.2. The second-order valence-electron chi connectivity index (χ2n) is 2.93. The van der Waals surface area contributed by atoms with Gasteiger partial charge in [0.05, 0.1) is 0 Å². The van der Waals surface area contributed by atoms with Crippen LogP contribution in [-0.4, -0.2) is 12.1 Å². The molecule has 0 heterocycles. The molecule has 0 rings (SSSR count). The van der Waals surface area contributed by atoms with Crippen LogP contribution in [0.15, 0.2) is 0 Å². The van der Waals surface area contributed by atoms with Gasteiger partial charge in [0.15, 0.2) is 6.10 Å². The molecular weight excluding hydrogens is 164 g/mol. The van der Waals surface area contributed by atoms with Crippen LogP contribution in [0.5, 0.6) is 0 Å². The highest BCUT2D eigenvalue weighted by atomic mass is 16.5. The van der Waals surface area contributed by atoms with Gasteiger partial charge in [-0.3, -0.25) is 4.79 Å². The van der Waals surface area contributed by atoms with E-state index in [1.54, 1.807) is 0 Å². The van der Waals surface area contributed by atoms with Gasteiger partial charge < -0.3 is 4.74 Å². The van der Waals surface area contributed by atoms with Gasteiger partial charge >= 0.3 is 5.97 Å². The largest absolute Gasteiger partial charge is 0.449 e. The van der Waals surface area contributed by atoms with Crippen molar-refractivity contribution in [2.24, 2.45) is 0 Å². The maximum absolute atomic E-state index is 10.6. The third-order valence-corrected chi connectivity index (χ3v) is 1.60. The summed E-state index contributed by atoms with van der Waals surface area (Å²) in [7, 11) is 0. The molecule has 0 aliphatic carbocycles. The summed E-state index contributed by atoms with van der Waals surface area (Å²) >= 11 is 0. The molecule has 0 amide bonds. The minimum Gasteiger partial charge on any atom is -0.449 e. The Morgan fingerprint density at radius 3 is 2.62 bits per heavy atom. The fourth-order valence-electron chi connectivity index (χ4n) is 0.866. The van der Waals surface area contributed by atoms with Crippen molar-refractivity contribution in [2.45, 2.75) is 52.6 Å². The van der Waals surface area contributed by atoms with Crippen molar-refractivity contribution < 1.29 is 9.53 Å². The topological polar surface area (TPSA) is 26.3 Å². The first-order chi connectivity index (χ1) is 6.20. The number of hydrogen-bond acceptors (Lipinski definition) is 2. The van der Waals surface area contributed by atoms with E-state index in [1.165, 1.54) is 6.92 Å². The van der Waals surface area contributed by atoms with Gasteiger partial charge in [-0.2, -0.15) is 0 Å². The molecule has 0 N–H and O–H groups in total. The second-order valence-corrected chi connectivity index (χ2v) is 2.93. The Morgan fingerprint density at radius 2 is 2.15 bits per heavy atom. The van der Waals surface area contributed by atoms with Gasteiger partial charge in [-0.1, -0.05) is 32.1 Å². The molecule has 0 spiro atoms. The average molecular weight is 182 g/mol. The van der Waals surface area contributed by atoms with E-state index in [0.29, 0.717) is 0 Å². The molecule has 2 nitrogen and oxygen atoms in total. The first-order valence-electron chi connectivity index (χ1n) is 4.86. The van der Waals surface area contributed by atoms with Crippen molar-refractivity contribution in [3.05, 3.63) is 0 Å². The molecule has 1 unspecified atom stereocenters. The van der Waals surface area contributed by atoms with Gasteiger partial charge in [0.2, 0.25) is 0 Å². The molecular formula is C11H18O2. The number of carbonyl (C=O) groups is 1. The summed E-state index contributed by atoms with van der Waals surface area (Å²) in [6, 6.07) is 0. The number of carbonyl (C=O) groups excluding carboxylic acids is 1. The smallest absolute Gasteiger partial charge is 0.303 e. The Hall–Kier alpha value is -0.970. The van der Waals surface area contributed by atoms with Crippen molar-refractivity contribution in [1.82, 2.24) is 0 Å². The normalized spacial score (nSPS) is 11.3. The molecule has 0 saturated heterocycles. The van der Waals surface area contributed by atoms with E-state index < -0.39 is 0 Å². The van der Waals surface area contributed by atoms with Crippen LogP contribution in [0.25, 0.3) is 0 Å². The van der Waals surface area contributed by atoms with E-state index in [0.717, 1.165) is 25.7 Å². The maximum atomic E-state index is 10.6. The van der Waals surface area contributed by atoms with E-state index in [4.69, 9.17) is 4.74 Å². The number of hydrogen-bond donors (Lipinski definition) is 0. The summed E-state index contributed by atoms with van der Waals surface area (Å²) in [5.74, 6) is 5.70. The monoisotopic (exact) mass is 182 g/mol. The molecule has 0 aliphatic heterocycles. The summed E-state index contributed by atoms with van der Waals surface area (Å²) in [6.45, 7) is 5.50. The van der Waals surface area contributed by atoms with Crippen LogP contribution in [0.3, 0.4) is 0 Å². The quantitative estimate of drug-likeness (QED) is 0.379. The third-order valence-electron chi connectivity index (χ3n) is 1.60. The van der Waals surface area contributed by atoms with Crippen LogP contribution in [0.2, 0.25) is 0 Å². The standard InChI is InChI=1S/C11H18O2/c1-4-6-7-8-9-11(5-2)13-10(3)12/h11H,4-7H2,1-3H3. The Balaban J connectivity index is 3.79. The zero-order valence-corrected chi connectivity index (χ0v) is 8.72. The molecule has 0 radical (unpaired) electrons. The van der Waals surface area contributed by atoms with E-state index in [-0.39, 0.29) is 12.1 Å². The fraction of sp³-hybridized carbons (Fsp3) is 0.727.